The number of hydrogen-bond acceptors (Lipinski definition) is 4. The van der Waals surface area contributed by atoms with E-state index in [1.807, 2.05) is 0 Å². The molecule has 0 bridgehead atoms. The molecule has 0 saturated carbocycles. The fraction of sp³-hybridized carbons (Fsp3) is 0.111. The van der Waals surface area contributed by atoms with E-state index < -0.39 is 11.9 Å². The summed E-state index contributed by atoms with van der Waals surface area (Å²) in [5, 5.41) is 8.84. The number of carboxylic acid groups (broad SMARTS) is 1. The molecule has 0 fully saturated rings. The number of rotatable bonds is 6. The number of carboxylic acids is 1. The molecule has 2 aromatic carbocycles. The van der Waals surface area contributed by atoms with Gasteiger partial charge < -0.3 is 14.6 Å². The molecule has 2 rings (SSSR count). The topological polar surface area (TPSA) is 72.8 Å². The van der Waals surface area contributed by atoms with Crippen molar-refractivity contribution < 1.29 is 24.2 Å². The quantitative estimate of drug-likeness (QED) is 0.485. The van der Waals surface area contributed by atoms with Crippen molar-refractivity contribution in [3.8, 4) is 11.5 Å². The number of ether oxygens (including phenoxy) is 2. The highest BCUT2D eigenvalue weighted by molar-refractivity contribution is 6.32. The van der Waals surface area contributed by atoms with Crippen LogP contribution in [0, 0.1) is 0 Å². The molecule has 0 radical (unpaired) electrons. The van der Waals surface area contributed by atoms with Crippen LogP contribution in [0.4, 0.5) is 0 Å². The van der Waals surface area contributed by atoms with Crippen LogP contribution in [0.15, 0.2) is 48.5 Å². The smallest absolute Gasteiger partial charge is 0.343 e. The van der Waals surface area contributed by atoms with Crippen molar-refractivity contribution in [3.63, 3.8) is 0 Å². The summed E-state index contributed by atoms with van der Waals surface area (Å²) in [4.78, 5) is 22.8. The normalized spacial score (nSPS) is 10.6. The van der Waals surface area contributed by atoms with Crippen LogP contribution in [0.25, 0.3) is 6.08 Å². The molecule has 5 nitrogen and oxygen atoms in total. The lowest BCUT2D eigenvalue weighted by Gasteiger charge is -2.13. The Balaban J connectivity index is 2.34. The molecule has 0 spiro atoms. The van der Waals surface area contributed by atoms with Gasteiger partial charge in [-0.1, -0.05) is 29.8 Å². The highest BCUT2D eigenvalue weighted by Gasteiger charge is 2.17. The number of carbonyl (C=O) groups is 2. The average Bonchev–Trinajstić information content (AvgIpc) is 2.57. The van der Waals surface area contributed by atoms with Crippen LogP contribution in [0.3, 0.4) is 0 Å². The first-order valence-corrected chi connectivity index (χ1v) is 7.53. The molecular weight excluding hydrogens is 332 g/mol. The van der Waals surface area contributed by atoms with Crippen LogP contribution in [-0.4, -0.2) is 23.7 Å². The van der Waals surface area contributed by atoms with Crippen LogP contribution >= 0.6 is 11.6 Å². The summed E-state index contributed by atoms with van der Waals surface area (Å²) >= 11 is 6.18. The molecule has 0 unspecified atom stereocenters. The van der Waals surface area contributed by atoms with Gasteiger partial charge in [0.1, 0.15) is 0 Å². The molecule has 24 heavy (non-hydrogen) atoms. The fourth-order valence-electron chi connectivity index (χ4n) is 1.94. The Morgan fingerprint density at radius 2 is 1.92 bits per heavy atom. The number of halogens is 1. The highest BCUT2D eigenvalue weighted by atomic mass is 35.5. The molecule has 0 aliphatic heterocycles. The lowest BCUT2D eigenvalue weighted by Crippen LogP contribution is -2.10. The number of aliphatic carboxylic acids is 1. The largest absolute Gasteiger partial charge is 0.490 e. The van der Waals surface area contributed by atoms with Gasteiger partial charge in [-0.2, -0.15) is 0 Å². The number of carbonyl (C=O) groups excluding carboxylic acids is 1. The van der Waals surface area contributed by atoms with Crippen LogP contribution < -0.4 is 9.47 Å². The minimum absolute atomic E-state index is 0.0971. The van der Waals surface area contributed by atoms with Gasteiger partial charge in [-0.05, 0) is 42.8 Å². The Labute approximate surface area is 144 Å². The molecule has 124 valence electrons. The molecule has 0 saturated heterocycles. The maximum absolute atomic E-state index is 12.2. The van der Waals surface area contributed by atoms with Crippen molar-refractivity contribution in [2.75, 3.05) is 6.61 Å². The Morgan fingerprint density at radius 3 is 2.54 bits per heavy atom. The second-order valence-electron chi connectivity index (χ2n) is 4.69. The molecule has 0 aliphatic rings. The Bertz CT molecular complexity index is 768. The van der Waals surface area contributed by atoms with E-state index in [0.717, 1.165) is 6.08 Å². The van der Waals surface area contributed by atoms with E-state index in [1.165, 1.54) is 12.1 Å². The van der Waals surface area contributed by atoms with Crippen LogP contribution in [0.2, 0.25) is 5.02 Å². The Morgan fingerprint density at radius 1 is 1.21 bits per heavy atom. The second kappa shape index (κ2) is 8.17. The van der Waals surface area contributed by atoms with Crippen LogP contribution in [0.1, 0.15) is 22.8 Å². The summed E-state index contributed by atoms with van der Waals surface area (Å²) in [5.74, 6) is -1.28. The first-order valence-electron chi connectivity index (χ1n) is 7.16. The third kappa shape index (κ3) is 4.60. The van der Waals surface area contributed by atoms with Crippen molar-refractivity contribution in [2.45, 2.75) is 6.92 Å². The van der Waals surface area contributed by atoms with Crippen LogP contribution in [-0.2, 0) is 4.79 Å². The van der Waals surface area contributed by atoms with Gasteiger partial charge in [0.25, 0.3) is 0 Å². The maximum Gasteiger partial charge on any atom is 0.343 e. The average molecular weight is 347 g/mol. The third-order valence-electron chi connectivity index (χ3n) is 2.95. The van der Waals surface area contributed by atoms with E-state index in [-0.39, 0.29) is 16.5 Å². The first-order chi connectivity index (χ1) is 11.5. The van der Waals surface area contributed by atoms with Gasteiger partial charge in [0.2, 0.25) is 0 Å². The standard InChI is InChI=1S/C18H15ClO5/c1-2-23-15-11-12(8-9-16(20)21)10-14(19)17(15)24-18(22)13-6-4-3-5-7-13/h3-11H,2H2,1H3,(H,20,21). The predicted octanol–water partition coefficient (Wildman–Crippen LogP) is 4.06. The monoisotopic (exact) mass is 346 g/mol. The molecule has 0 atom stereocenters. The van der Waals surface area contributed by atoms with Crippen molar-refractivity contribution in [2.24, 2.45) is 0 Å². The summed E-state index contributed by atoms with van der Waals surface area (Å²) in [5.41, 5.74) is 0.899. The van der Waals surface area contributed by atoms with E-state index in [1.54, 1.807) is 43.3 Å². The minimum atomic E-state index is -1.08. The number of esters is 1. The van der Waals surface area contributed by atoms with E-state index in [4.69, 9.17) is 26.2 Å². The second-order valence-corrected chi connectivity index (χ2v) is 5.10. The zero-order valence-corrected chi connectivity index (χ0v) is 13.6. The van der Waals surface area contributed by atoms with E-state index >= 15 is 0 Å². The zero-order chi connectivity index (χ0) is 17.5. The lowest BCUT2D eigenvalue weighted by molar-refractivity contribution is -0.131. The van der Waals surface area contributed by atoms with Gasteiger partial charge in [0.05, 0.1) is 17.2 Å². The van der Waals surface area contributed by atoms with Gasteiger partial charge in [-0.15, -0.1) is 0 Å². The summed E-state index contributed by atoms with van der Waals surface area (Å²) in [6, 6.07) is 11.5. The van der Waals surface area contributed by atoms with E-state index in [0.29, 0.717) is 17.7 Å². The Kier molecular flexibility index (Phi) is 5.98. The first kappa shape index (κ1) is 17.6. The summed E-state index contributed by atoms with van der Waals surface area (Å²) in [6.07, 6.45) is 2.36. The summed E-state index contributed by atoms with van der Waals surface area (Å²) in [6.45, 7) is 2.11. The van der Waals surface area contributed by atoms with Crippen molar-refractivity contribution >= 4 is 29.6 Å². The van der Waals surface area contributed by atoms with Crippen LogP contribution in [0.5, 0.6) is 11.5 Å². The molecule has 2 aromatic rings. The van der Waals surface area contributed by atoms with Crippen molar-refractivity contribution in [1.82, 2.24) is 0 Å². The number of benzene rings is 2. The highest BCUT2D eigenvalue weighted by Crippen LogP contribution is 2.37. The predicted molar refractivity (Wildman–Crippen MR) is 90.7 cm³/mol. The van der Waals surface area contributed by atoms with Gasteiger partial charge in [-0.25, -0.2) is 9.59 Å². The Hall–Kier alpha value is -2.79. The van der Waals surface area contributed by atoms with Crippen molar-refractivity contribution in [1.29, 1.82) is 0 Å². The molecule has 0 heterocycles. The fourth-order valence-corrected chi connectivity index (χ4v) is 2.20. The minimum Gasteiger partial charge on any atom is -0.490 e. The number of hydrogen-bond donors (Lipinski definition) is 1. The van der Waals surface area contributed by atoms with Gasteiger partial charge >= 0.3 is 11.9 Å². The van der Waals surface area contributed by atoms with Gasteiger partial charge in [0, 0.05) is 6.08 Å². The SMILES string of the molecule is CCOc1cc(C=CC(=O)O)cc(Cl)c1OC(=O)c1ccccc1. The maximum atomic E-state index is 12.2. The molecule has 0 amide bonds. The van der Waals surface area contributed by atoms with Gasteiger partial charge in [0.15, 0.2) is 11.5 Å². The molecule has 1 N–H and O–H groups in total. The summed E-state index contributed by atoms with van der Waals surface area (Å²) in [7, 11) is 0. The van der Waals surface area contributed by atoms with Crippen molar-refractivity contribution in [3.05, 3.63) is 64.7 Å². The molecule has 0 aliphatic carbocycles. The van der Waals surface area contributed by atoms with E-state index in [2.05, 4.69) is 0 Å². The third-order valence-corrected chi connectivity index (χ3v) is 3.24. The molecular formula is C18H15ClO5. The summed E-state index contributed by atoms with van der Waals surface area (Å²) < 4.78 is 10.8. The van der Waals surface area contributed by atoms with Gasteiger partial charge in [-0.3, -0.25) is 0 Å². The molecule has 0 aromatic heterocycles. The van der Waals surface area contributed by atoms with E-state index in [9.17, 15) is 9.59 Å². The zero-order valence-electron chi connectivity index (χ0n) is 12.9. The lowest BCUT2D eigenvalue weighted by atomic mass is 10.2. The molecule has 6 heteroatoms.